The van der Waals surface area contributed by atoms with Gasteiger partial charge in [-0.15, -0.1) is 0 Å². The van der Waals surface area contributed by atoms with Gasteiger partial charge in [0.25, 0.3) is 0 Å². The maximum Gasteiger partial charge on any atom is 0.151 e. The number of piperazine rings is 1. The first-order valence-corrected chi connectivity index (χ1v) is 10.3. The molecule has 31 heavy (non-hydrogen) atoms. The number of fused-ring (bicyclic) bond motifs is 1. The zero-order chi connectivity index (χ0) is 21.4. The van der Waals surface area contributed by atoms with Crippen LogP contribution in [0.1, 0.15) is 6.92 Å². The van der Waals surface area contributed by atoms with Gasteiger partial charge in [0.15, 0.2) is 5.65 Å². The molecule has 1 fully saturated rings. The molecular formula is C23H23FN6O. The van der Waals surface area contributed by atoms with Crippen molar-refractivity contribution >= 4 is 16.9 Å². The molecule has 1 N–H and O–H groups in total. The van der Waals surface area contributed by atoms with Gasteiger partial charge in [-0.3, -0.25) is 4.57 Å². The van der Waals surface area contributed by atoms with Crippen LogP contribution in [0, 0.1) is 5.82 Å². The van der Waals surface area contributed by atoms with Gasteiger partial charge in [-0.05, 0) is 19.1 Å². The van der Waals surface area contributed by atoms with Crippen molar-refractivity contribution in [1.82, 2.24) is 24.8 Å². The molecule has 158 valence electrons. The lowest BCUT2D eigenvalue weighted by atomic mass is 10.0. The number of aromatic nitrogens is 4. The zero-order valence-corrected chi connectivity index (χ0v) is 17.4. The normalized spacial score (nSPS) is 16.6. The van der Waals surface area contributed by atoms with E-state index in [1.165, 1.54) is 6.07 Å². The lowest BCUT2D eigenvalue weighted by Gasteiger charge is -2.35. The molecule has 4 heterocycles. The molecule has 0 saturated carbocycles. The quantitative estimate of drug-likeness (QED) is 0.548. The van der Waals surface area contributed by atoms with E-state index in [2.05, 4.69) is 32.1 Å². The molecule has 0 spiro atoms. The zero-order valence-electron chi connectivity index (χ0n) is 17.4. The number of nitrogens with zero attached hydrogens (tertiary/aromatic N) is 5. The molecular weight excluding hydrogens is 395 g/mol. The summed E-state index contributed by atoms with van der Waals surface area (Å²) in [5.41, 5.74) is 1.92. The molecule has 0 amide bonds. The highest BCUT2D eigenvalue weighted by atomic mass is 19.1. The van der Waals surface area contributed by atoms with Crippen LogP contribution in [0.3, 0.4) is 0 Å². The summed E-state index contributed by atoms with van der Waals surface area (Å²) in [6, 6.07) is 10.7. The number of halogens is 1. The average molecular weight is 418 g/mol. The second-order valence-corrected chi connectivity index (χ2v) is 7.59. The van der Waals surface area contributed by atoms with Gasteiger partial charge in [-0.1, -0.05) is 18.2 Å². The molecule has 3 aromatic heterocycles. The number of hydrogen-bond acceptors (Lipinski definition) is 6. The molecule has 1 aliphatic heterocycles. The fourth-order valence-electron chi connectivity index (χ4n) is 4.14. The van der Waals surface area contributed by atoms with Crippen molar-refractivity contribution in [1.29, 1.82) is 0 Å². The van der Waals surface area contributed by atoms with E-state index in [4.69, 9.17) is 4.74 Å². The van der Waals surface area contributed by atoms with Crippen LogP contribution < -0.4 is 15.0 Å². The van der Waals surface area contributed by atoms with Crippen LogP contribution in [0.25, 0.3) is 28.0 Å². The first-order chi connectivity index (χ1) is 15.2. The van der Waals surface area contributed by atoms with E-state index in [1.807, 2.05) is 22.9 Å². The van der Waals surface area contributed by atoms with Gasteiger partial charge in [0.05, 0.1) is 12.5 Å². The van der Waals surface area contributed by atoms with Crippen LogP contribution in [0.15, 0.2) is 55.1 Å². The molecule has 7 nitrogen and oxygen atoms in total. The Bertz CT molecular complexity index is 1240. The maximum absolute atomic E-state index is 14.9. The summed E-state index contributed by atoms with van der Waals surface area (Å²) in [6.07, 6.45) is 5.13. The summed E-state index contributed by atoms with van der Waals surface area (Å²) in [7, 11) is 1.61. The largest absolute Gasteiger partial charge is 0.497 e. The van der Waals surface area contributed by atoms with Gasteiger partial charge < -0.3 is 15.0 Å². The minimum Gasteiger partial charge on any atom is -0.497 e. The molecule has 0 bridgehead atoms. The van der Waals surface area contributed by atoms with E-state index in [0.29, 0.717) is 22.8 Å². The third-order valence-electron chi connectivity index (χ3n) is 5.70. The SMILES string of the molecule is COc1ccnc(-n2cc(-c3ccccc3F)c3c(N4CCNC[C@@H]4C)ncnc32)c1. The van der Waals surface area contributed by atoms with Crippen molar-refractivity contribution in [2.75, 3.05) is 31.6 Å². The molecule has 0 aliphatic carbocycles. The number of benzene rings is 1. The topological polar surface area (TPSA) is 68.1 Å². The minimum absolute atomic E-state index is 0.249. The Morgan fingerprint density at radius 1 is 1.13 bits per heavy atom. The fraction of sp³-hybridized carbons (Fsp3) is 0.261. The van der Waals surface area contributed by atoms with Gasteiger partial charge >= 0.3 is 0 Å². The van der Waals surface area contributed by atoms with Crippen LogP contribution >= 0.6 is 0 Å². The number of rotatable bonds is 4. The third kappa shape index (κ3) is 3.38. The highest BCUT2D eigenvalue weighted by Crippen LogP contribution is 2.38. The summed E-state index contributed by atoms with van der Waals surface area (Å²) >= 11 is 0. The lowest BCUT2D eigenvalue weighted by molar-refractivity contribution is 0.414. The Morgan fingerprint density at radius 3 is 2.81 bits per heavy atom. The highest BCUT2D eigenvalue weighted by Gasteiger charge is 2.26. The van der Waals surface area contributed by atoms with Gasteiger partial charge in [-0.25, -0.2) is 19.3 Å². The van der Waals surface area contributed by atoms with Crippen molar-refractivity contribution in [2.45, 2.75) is 13.0 Å². The molecule has 0 unspecified atom stereocenters. The van der Waals surface area contributed by atoms with Crippen molar-refractivity contribution in [3.63, 3.8) is 0 Å². The third-order valence-corrected chi connectivity index (χ3v) is 5.70. The molecule has 1 atom stereocenters. The highest BCUT2D eigenvalue weighted by molar-refractivity contribution is 6.02. The number of anilines is 1. The summed E-state index contributed by atoms with van der Waals surface area (Å²) in [5, 5.41) is 4.22. The van der Waals surface area contributed by atoms with Crippen LogP contribution in [0.2, 0.25) is 0 Å². The summed E-state index contributed by atoms with van der Waals surface area (Å²) in [5.74, 6) is 1.84. The van der Waals surface area contributed by atoms with E-state index in [9.17, 15) is 4.39 Å². The summed E-state index contributed by atoms with van der Waals surface area (Å²) in [6.45, 7) is 4.69. The fourth-order valence-corrected chi connectivity index (χ4v) is 4.14. The molecule has 0 radical (unpaired) electrons. The Kier molecular flexibility index (Phi) is 4.99. The Balaban J connectivity index is 1.80. The summed E-state index contributed by atoms with van der Waals surface area (Å²) in [4.78, 5) is 16.0. The van der Waals surface area contributed by atoms with E-state index >= 15 is 0 Å². The van der Waals surface area contributed by atoms with Gasteiger partial charge in [0, 0.05) is 55.3 Å². The molecule has 1 aromatic carbocycles. The number of ether oxygens (including phenoxy) is 1. The molecule has 1 saturated heterocycles. The molecule has 5 rings (SSSR count). The second kappa shape index (κ2) is 7.96. The predicted molar refractivity (Wildman–Crippen MR) is 118 cm³/mol. The number of hydrogen-bond donors (Lipinski definition) is 1. The van der Waals surface area contributed by atoms with Gasteiger partial charge in [0.2, 0.25) is 0 Å². The lowest BCUT2D eigenvalue weighted by Crippen LogP contribution is -2.50. The van der Waals surface area contributed by atoms with Crippen LogP contribution in [-0.2, 0) is 0 Å². The van der Waals surface area contributed by atoms with Crippen molar-refractivity contribution in [3.8, 4) is 22.7 Å². The first kappa shape index (κ1) is 19.4. The minimum atomic E-state index is -0.289. The van der Waals surface area contributed by atoms with Gasteiger partial charge in [0.1, 0.15) is 29.5 Å². The smallest absolute Gasteiger partial charge is 0.151 e. The average Bonchev–Trinajstić information content (AvgIpc) is 3.20. The number of pyridine rings is 1. The van der Waals surface area contributed by atoms with E-state index in [1.54, 1.807) is 37.8 Å². The molecule has 4 aromatic rings. The molecule has 8 heteroatoms. The van der Waals surface area contributed by atoms with Crippen molar-refractivity contribution < 1.29 is 9.13 Å². The number of methoxy groups -OCH3 is 1. The van der Waals surface area contributed by atoms with Crippen LogP contribution in [-0.4, -0.2) is 52.3 Å². The second-order valence-electron chi connectivity index (χ2n) is 7.59. The monoisotopic (exact) mass is 418 g/mol. The Morgan fingerprint density at radius 2 is 2.00 bits per heavy atom. The summed E-state index contributed by atoms with van der Waals surface area (Å²) < 4.78 is 22.1. The Labute approximate surface area is 179 Å². The van der Waals surface area contributed by atoms with Crippen LogP contribution in [0.4, 0.5) is 10.2 Å². The van der Waals surface area contributed by atoms with E-state index in [0.717, 1.165) is 36.4 Å². The molecule has 1 aliphatic rings. The maximum atomic E-state index is 14.9. The van der Waals surface area contributed by atoms with E-state index < -0.39 is 0 Å². The predicted octanol–water partition coefficient (Wildman–Crippen LogP) is 3.43. The number of nitrogens with one attached hydrogen (secondary N) is 1. The van der Waals surface area contributed by atoms with Crippen LogP contribution in [0.5, 0.6) is 5.75 Å². The van der Waals surface area contributed by atoms with E-state index in [-0.39, 0.29) is 11.9 Å². The first-order valence-electron chi connectivity index (χ1n) is 10.3. The Hall–Kier alpha value is -3.52. The van der Waals surface area contributed by atoms with Crippen molar-refractivity contribution in [3.05, 3.63) is 60.9 Å². The van der Waals surface area contributed by atoms with Crippen molar-refractivity contribution in [2.24, 2.45) is 0 Å². The van der Waals surface area contributed by atoms with Gasteiger partial charge in [-0.2, -0.15) is 0 Å². The standard InChI is InChI=1S/C23H23FN6O/c1-15-12-25-9-10-29(15)22-21-18(17-5-3-4-6-19(17)24)13-30(23(21)28-14-27-22)20-11-16(31-2)7-8-26-20/h3-8,11,13-15,25H,9-10,12H2,1-2H3/t15-/m0/s1.